The lowest BCUT2D eigenvalue weighted by Gasteiger charge is -2.24. The molecule has 0 aliphatic rings. The van der Waals surface area contributed by atoms with Gasteiger partial charge >= 0.3 is 0 Å². The topological polar surface area (TPSA) is 84.9 Å². The summed E-state index contributed by atoms with van der Waals surface area (Å²) in [5.74, 6) is 0.718. The van der Waals surface area contributed by atoms with Gasteiger partial charge in [0.2, 0.25) is 15.9 Å². The van der Waals surface area contributed by atoms with Gasteiger partial charge in [-0.1, -0.05) is 23.7 Å². The van der Waals surface area contributed by atoms with Crippen LogP contribution in [0.1, 0.15) is 25.5 Å². The molecule has 0 aliphatic carbocycles. The second-order valence-corrected chi connectivity index (χ2v) is 8.69. The monoisotopic (exact) mass is 440 g/mol. The molecule has 0 heterocycles. The number of nitrogens with zero attached hydrogens (tertiary/aromatic N) is 1. The molecular weight excluding hydrogens is 416 g/mol. The van der Waals surface area contributed by atoms with Crippen LogP contribution in [0.4, 0.5) is 5.69 Å². The Hall–Kier alpha value is -2.45. The Labute approximate surface area is 176 Å². The lowest BCUT2D eigenvalue weighted by atomic mass is 10.1. The minimum Gasteiger partial charge on any atom is -0.495 e. The van der Waals surface area contributed by atoms with Crippen LogP contribution in [0.15, 0.2) is 42.5 Å². The Morgan fingerprint density at radius 1 is 1.21 bits per heavy atom. The summed E-state index contributed by atoms with van der Waals surface area (Å²) in [4.78, 5) is 12.5. The highest BCUT2D eigenvalue weighted by atomic mass is 35.5. The predicted molar refractivity (Wildman–Crippen MR) is 114 cm³/mol. The SMILES string of the molecule is CCOc1ccc(C(C)NC(=O)CN(c2ccc(OC)c(Cl)c2)S(C)(=O)=O)cc1. The Kier molecular flexibility index (Phi) is 7.75. The lowest BCUT2D eigenvalue weighted by molar-refractivity contribution is -0.120. The molecule has 0 radical (unpaired) electrons. The summed E-state index contributed by atoms with van der Waals surface area (Å²) in [6, 6.07) is 11.6. The van der Waals surface area contributed by atoms with E-state index in [1.165, 1.54) is 19.2 Å². The maximum atomic E-state index is 12.5. The second kappa shape index (κ2) is 9.84. The highest BCUT2D eigenvalue weighted by Crippen LogP contribution is 2.30. The first-order chi connectivity index (χ1) is 13.7. The number of halogens is 1. The van der Waals surface area contributed by atoms with Gasteiger partial charge in [0.1, 0.15) is 18.0 Å². The standard InChI is InChI=1S/C20H25ClN2O5S/c1-5-28-17-9-6-15(7-10-17)14(2)22-20(24)13-23(29(4,25)26)16-8-11-19(27-3)18(21)12-16/h6-12,14H,5,13H2,1-4H3,(H,22,24). The van der Waals surface area contributed by atoms with E-state index in [0.717, 1.165) is 21.9 Å². The Morgan fingerprint density at radius 2 is 1.86 bits per heavy atom. The zero-order chi connectivity index (χ0) is 21.6. The third kappa shape index (κ3) is 6.27. The zero-order valence-corrected chi connectivity index (χ0v) is 18.4. The molecule has 0 bridgehead atoms. The van der Waals surface area contributed by atoms with E-state index >= 15 is 0 Å². The van der Waals surface area contributed by atoms with Gasteiger partial charge in [0, 0.05) is 0 Å². The summed E-state index contributed by atoms with van der Waals surface area (Å²) in [5.41, 5.74) is 1.15. The van der Waals surface area contributed by atoms with E-state index in [1.807, 2.05) is 38.1 Å². The highest BCUT2D eigenvalue weighted by molar-refractivity contribution is 7.92. The first-order valence-corrected chi connectivity index (χ1v) is 11.2. The van der Waals surface area contributed by atoms with Gasteiger partial charge < -0.3 is 14.8 Å². The van der Waals surface area contributed by atoms with Crippen LogP contribution in [0.5, 0.6) is 11.5 Å². The average Bonchev–Trinajstić information content (AvgIpc) is 2.66. The van der Waals surface area contributed by atoms with Crippen LogP contribution in [0.25, 0.3) is 0 Å². The molecule has 0 aliphatic heterocycles. The van der Waals surface area contributed by atoms with Crippen molar-refractivity contribution in [1.29, 1.82) is 0 Å². The van der Waals surface area contributed by atoms with Crippen molar-refractivity contribution in [2.75, 3.05) is 30.8 Å². The van der Waals surface area contributed by atoms with Crippen LogP contribution in [-0.2, 0) is 14.8 Å². The van der Waals surface area contributed by atoms with E-state index in [4.69, 9.17) is 21.1 Å². The van der Waals surface area contributed by atoms with Gasteiger partial charge in [0.25, 0.3) is 0 Å². The molecule has 1 N–H and O–H groups in total. The highest BCUT2D eigenvalue weighted by Gasteiger charge is 2.22. The normalized spacial score (nSPS) is 12.2. The number of ether oxygens (including phenoxy) is 2. The molecule has 7 nitrogen and oxygen atoms in total. The molecule has 29 heavy (non-hydrogen) atoms. The minimum atomic E-state index is -3.71. The number of hydrogen-bond donors (Lipinski definition) is 1. The molecule has 0 spiro atoms. The van der Waals surface area contributed by atoms with E-state index in [2.05, 4.69) is 5.32 Å². The zero-order valence-electron chi connectivity index (χ0n) is 16.8. The van der Waals surface area contributed by atoms with Crippen molar-refractivity contribution in [2.24, 2.45) is 0 Å². The summed E-state index contributed by atoms with van der Waals surface area (Å²) >= 11 is 6.10. The molecule has 2 aromatic rings. The van der Waals surface area contributed by atoms with Gasteiger partial charge in [0.05, 0.1) is 36.7 Å². The van der Waals surface area contributed by atoms with Crippen molar-refractivity contribution >= 4 is 33.2 Å². The molecule has 1 atom stereocenters. The molecule has 0 aromatic heterocycles. The van der Waals surface area contributed by atoms with Crippen molar-refractivity contribution < 1.29 is 22.7 Å². The van der Waals surface area contributed by atoms with Gasteiger partial charge in [-0.3, -0.25) is 9.10 Å². The van der Waals surface area contributed by atoms with Gasteiger partial charge in [-0.05, 0) is 49.7 Å². The quantitative estimate of drug-likeness (QED) is 0.646. The van der Waals surface area contributed by atoms with Crippen molar-refractivity contribution in [3.05, 3.63) is 53.1 Å². The van der Waals surface area contributed by atoms with Crippen LogP contribution in [0.3, 0.4) is 0 Å². The van der Waals surface area contributed by atoms with E-state index < -0.39 is 15.9 Å². The van der Waals surface area contributed by atoms with Gasteiger partial charge in [-0.15, -0.1) is 0 Å². The number of methoxy groups -OCH3 is 1. The molecule has 9 heteroatoms. The Balaban J connectivity index is 2.13. The number of rotatable bonds is 9. The van der Waals surface area contributed by atoms with Crippen LogP contribution in [-0.4, -0.2) is 40.8 Å². The van der Waals surface area contributed by atoms with Crippen LogP contribution < -0.4 is 19.1 Å². The van der Waals surface area contributed by atoms with E-state index in [0.29, 0.717) is 12.4 Å². The van der Waals surface area contributed by atoms with Crippen molar-refractivity contribution in [1.82, 2.24) is 5.32 Å². The number of benzene rings is 2. The summed E-state index contributed by atoms with van der Waals surface area (Å²) in [6.07, 6.45) is 1.04. The summed E-state index contributed by atoms with van der Waals surface area (Å²) in [6.45, 7) is 3.92. The number of nitrogens with one attached hydrogen (secondary N) is 1. The number of anilines is 1. The van der Waals surface area contributed by atoms with Crippen LogP contribution in [0, 0.1) is 0 Å². The smallest absolute Gasteiger partial charge is 0.241 e. The van der Waals surface area contributed by atoms with Crippen molar-refractivity contribution in [3.63, 3.8) is 0 Å². The third-order valence-electron chi connectivity index (χ3n) is 4.18. The second-order valence-electron chi connectivity index (χ2n) is 6.38. The molecule has 158 valence electrons. The van der Waals surface area contributed by atoms with Gasteiger partial charge in [-0.25, -0.2) is 8.42 Å². The van der Waals surface area contributed by atoms with E-state index in [9.17, 15) is 13.2 Å². The lowest BCUT2D eigenvalue weighted by Crippen LogP contribution is -2.41. The number of hydrogen-bond acceptors (Lipinski definition) is 5. The van der Waals surface area contributed by atoms with Gasteiger partial charge in [0.15, 0.2) is 0 Å². The number of carbonyl (C=O) groups excluding carboxylic acids is 1. The summed E-state index contributed by atoms with van der Waals surface area (Å²) in [7, 11) is -2.24. The fourth-order valence-electron chi connectivity index (χ4n) is 2.73. The van der Waals surface area contributed by atoms with E-state index in [1.54, 1.807) is 6.07 Å². The maximum absolute atomic E-state index is 12.5. The molecule has 0 fully saturated rings. The predicted octanol–water partition coefficient (Wildman–Crippen LogP) is 3.39. The largest absolute Gasteiger partial charge is 0.495 e. The molecule has 2 aromatic carbocycles. The number of carbonyl (C=O) groups is 1. The van der Waals surface area contributed by atoms with Crippen molar-refractivity contribution in [2.45, 2.75) is 19.9 Å². The summed E-state index contributed by atoms with van der Waals surface area (Å²) < 4.78 is 36.0. The first-order valence-electron chi connectivity index (χ1n) is 8.99. The number of amides is 1. The maximum Gasteiger partial charge on any atom is 0.241 e. The average molecular weight is 441 g/mol. The van der Waals surface area contributed by atoms with Crippen LogP contribution >= 0.6 is 11.6 Å². The molecule has 1 unspecified atom stereocenters. The Bertz CT molecular complexity index is 948. The first kappa shape index (κ1) is 22.8. The molecular formula is C20H25ClN2O5S. The molecule has 0 saturated heterocycles. The molecule has 2 rings (SSSR count). The molecule has 0 saturated carbocycles. The van der Waals surface area contributed by atoms with E-state index in [-0.39, 0.29) is 23.3 Å². The Morgan fingerprint density at radius 3 is 2.38 bits per heavy atom. The summed E-state index contributed by atoms with van der Waals surface area (Å²) in [5, 5.41) is 3.07. The third-order valence-corrected chi connectivity index (χ3v) is 5.62. The number of sulfonamides is 1. The fraction of sp³-hybridized carbons (Fsp3) is 0.350. The van der Waals surface area contributed by atoms with Crippen LogP contribution in [0.2, 0.25) is 5.02 Å². The fourth-order valence-corrected chi connectivity index (χ4v) is 3.83. The van der Waals surface area contributed by atoms with Crippen molar-refractivity contribution in [3.8, 4) is 11.5 Å². The van der Waals surface area contributed by atoms with Gasteiger partial charge in [-0.2, -0.15) is 0 Å². The molecule has 1 amide bonds. The minimum absolute atomic E-state index is 0.252.